The lowest BCUT2D eigenvalue weighted by molar-refractivity contribution is -0.207. The van der Waals surface area contributed by atoms with E-state index < -0.39 is 18.1 Å². The van der Waals surface area contributed by atoms with Gasteiger partial charge in [0, 0.05) is 6.42 Å². The van der Waals surface area contributed by atoms with Crippen LogP contribution in [0.15, 0.2) is 24.3 Å². The Morgan fingerprint density at radius 3 is 2.71 bits per heavy atom. The second kappa shape index (κ2) is 6.15. The van der Waals surface area contributed by atoms with Crippen LogP contribution in [-0.4, -0.2) is 18.1 Å². The quantitative estimate of drug-likeness (QED) is 0.854. The molecule has 1 unspecified atom stereocenters. The molecule has 0 saturated heterocycles. The summed E-state index contributed by atoms with van der Waals surface area (Å²) in [5.74, 6) is -3.24. The van der Waals surface area contributed by atoms with Crippen molar-refractivity contribution in [1.82, 2.24) is 5.48 Å². The third kappa shape index (κ3) is 3.96. The highest BCUT2D eigenvalue weighted by Crippen LogP contribution is 2.33. The minimum atomic E-state index is -5.12. The Kier molecular flexibility index (Phi) is 4.50. The standard InChI is InChI=1S/C14H14F3NO3/c15-14(16,17)13(20)21-18-12(19)8-10-6-3-5-9-4-1-2-7-11(9)10/h1-2,4,7,10H,3,5-6,8H2,(H,18,19). The molecule has 0 aliphatic heterocycles. The lowest BCUT2D eigenvalue weighted by atomic mass is 9.81. The average molecular weight is 301 g/mol. The summed E-state index contributed by atoms with van der Waals surface area (Å²) >= 11 is 0. The second-order valence-corrected chi connectivity index (χ2v) is 4.90. The van der Waals surface area contributed by atoms with Gasteiger partial charge in [0.15, 0.2) is 0 Å². The molecule has 2 rings (SSSR count). The van der Waals surface area contributed by atoms with Gasteiger partial charge in [-0.3, -0.25) is 4.79 Å². The number of amides is 1. The van der Waals surface area contributed by atoms with Crippen molar-refractivity contribution >= 4 is 11.9 Å². The number of rotatable bonds is 2. The molecule has 1 amide bonds. The van der Waals surface area contributed by atoms with Crippen LogP contribution in [-0.2, 0) is 20.8 Å². The number of carbonyl (C=O) groups is 2. The molecule has 1 N–H and O–H groups in total. The van der Waals surface area contributed by atoms with E-state index in [2.05, 4.69) is 4.84 Å². The molecule has 0 saturated carbocycles. The molecule has 1 aromatic rings. The van der Waals surface area contributed by atoms with Crippen molar-refractivity contribution in [3.05, 3.63) is 35.4 Å². The van der Waals surface area contributed by atoms with Crippen molar-refractivity contribution in [3.63, 3.8) is 0 Å². The lowest BCUT2D eigenvalue weighted by Gasteiger charge is -2.24. The molecule has 0 fully saturated rings. The van der Waals surface area contributed by atoms with Crippen molar-refractivity contribution in [2.45, 2.75) is 37.8 Å². The molecule has 0 spiro atoms. The Morgan fingerprint density at radius 1 is 1.29 bits per heavy atom. The summed E-state index contributed by atoms with van der Waals surface area (Å²) in [4.78, 5) is 25.8. The van der Waals surface area contributed by atoms with E-state index in [9.17, 15) is 22.8 Å². The Hall–Kier alpha value is -2.05. The molecule has 1 aliphatic carbocycles. The fourth-order valence-electron chi connectivity index (χ4n) is 2.49. The first kappa shape index (κ1) is 15.3. The molecule has 1 aliphatic rings. The molecule has 0 aromatic heterocycles. The number of hydroxylamine groups is 1. The molecule has 0 heterocycles. The summed E-state index contributed by atoms with van der Waals surface area (Å²) in [5.41, 5.74) is 3.73. The van der Waals surface area contributed by atoms with E-state index >= 15 is 0 Å². The summed E-state index contributed by atoms with van der Waals surface area (Å²) in [6.07, 6.45) is -2.51. The van der Waals surface area contributed by atoms with Gasteiger partial charge >= 0.3 is 12.1 Å². The topological polar surface area (TPSA) is 55.4 Å². The van der Waals surface area contributed by atoms with Crippen molar-refractivity contribution in [1.29, 1.82) is 0 Å². The Morgan fingerprint density at radius 2 is 2.00 bits per heavy atom. The van der Waals surface area contributed by atoms with Gasteiger partial charge in [0.05, 0.1) is 0 Å². The molecule has 4 nitrogen and oxygen atoms in total. The zero-order valence-corrected chi connectivity index (χ0v) is 11.1. The number of alkyl halides is 3. The van der Waals surface area contributed by atoms with Gasteiger partial charge in [0.1, 0.15) is 0 Å². The molecule has 0 radical (unpaired) electrons. The van der Waals surface area contributed by atoms with Crippen molar-refractivity contribution < 1.29 is 27.6 Å². The minimum absolute atomic E-state index is 0.0118. The van der Waals surface area contributed by atoms with Crippen LogP contribution in [0.1, 0.15) is 36.3 Å². The van der Waals surface area contributed by atoms with Gasteiger partial charge in [-0.05, 0) is 36.3 Å². The fraction of sp³-hybridized carbons (Fsp3) is 0.429. The first-order valence-electron chi connectivity index (χ1n) is 6.52. The number of fused-ring (bicyclic) bond motifs is 1. The highest BCUT2D eigenvalue weighted by Gasteiger charge is 2.42. The second-order valence-electron chi connectivity index (χ2n) is 4.90. The molecule has 114 valence electrons. The van der Waals surface area contributed by atoms with E-state index in [1.807, 2.05) is 24.3 Å². The van der Waals surface area contributed by atoms with Crippen LogP contribution in [0.4, 0.5) is 13.2 Å². The first-order valence-corrected chi connectivity index (χ1v) is 6.52. The summed E-state index contributed by atoms with van der Waals surface area (Å²) in [7, 11) is 0. The minimum Gasteiger partial charge on any atom is -0.332 e. The van der Waals surface area contributed by atoms with Gasteiger partial charge in [-0.2, -0.15) is 18.7 Å². The largest absolute Gasteiger partial charge is 0.493 e. The molecule has 1 aromatic carbocycles. The normalized spacial score (nSPS) is 17.8. The monoisotopic (exact) mass is 301 g/mol. The summed E-state index contributed by atoms with van der Waals surface area (Å²) in [5, 5.41) is 0. The smallest absolute Gasteiger partial charge is 0.332 e. The van der Waals surface area contributed by atoms with Crippen LogP contribution in [0, 0.1) is 0 Å². The zero-order valence-electron chi connectivity index (χ0n) is 11.1. The van der Waals surface area contributed by atoms with E-state index in [1.54, 1.807) is 5.48 Å². The molecular weight excluding hydrogens is 287 g/mol. The Bertz CT molecular complexity index is 543. The highest BCUT2D eigenvalue weighted by atomic mass is 19.4. The number of hydrogen-bond donors (Lipinski definition) is 1. The zero-order chi connectivity index (χ0) is 15.5. The number of hydrogen-bond acceptors (Lipinski definition) is 3. The van der Waals surface area contributed by atoms with Crippen LogP contribution < -0.4 is 5.48 Å². The van der Waals surface area contributed by atoms with Crippen LogP contribution in [0.2, 0.25) is 0 Å². The number of benzene rings is 1. The van der Waals surface area contributed by atoms with Crippen molar-refractivity contribution in [2.24, 2.45) is 0 Å². The fourth-order valence-corrected chi connectivity index (χ4v) is 2.49. The number of halogens is 3. The molecule has 21 heavy (non-hydrogen) atoms. The summed E-state index contributed by atoms with van der Waals surface area (Å²) in [6.45, 7) is 0. The van der Waals surface area contributed by atoms with E-state index in [-0.39, 0.29) is 12.3 Å². The van der Waals surface area contributed by atoms with Crippen LogP contribution >= 0.6 is 0 Å². The Balaban J connectivity index is 1.91. The van der Waals surface area contributed by atoms with Crippen molar-refractivity contribution in [2.75, 3.05) is 0 Å². The van der Waals surface area contributed by atoms with Gasteiger partial charge in [-0.25, -0.2) is 4.79 Å². The predicted molar refractivity (Wildman–Crippen MR) is 67.0 cm³/mol. The van der Waals surface area contributed by atoms with Crippen LogP contribution in [0.5, 0.6) is 0 Å². The molecule has 7 heteroatoms. The van der Waals surface area contributed by atoms with Gasteiger partial charge in [-0.1, -0.05) is 24.3 Å². The summed E-state index contributed by atoms with van der Waals surface area (Å²) in [6, 6.07) is 7.66. The first-order chi connectivity index (χ1) is 9.88. The van der Waals surface area contributed by atoms with Gasteiger partial charge in [-0.15, -0.1) is 0 Å². The number of nitrogens with one attached hydrogen (secondary N) is 1. The maximum absolute atomic E-state index is 11.9. The molecule has 0 bridgehead atoms. The third-order valence-electron chi connectivity index (χ3n) is 3.41. The maximum atomic E-state index is 11.9. The third-order valence-corrected chi connectivity index (χ3v) is 3.41. The summed E-state index contributed by atoms with van der Waals surface area (Å²) < 4.78 is 35.8. The Labute approximate surface area is 119 Å². The van der Waals surface area contributed by atoms with E-state index in [0.717, 1.165) is 30.4 Å². The SMILES string of the molecule is O=C(CC1CCCc2ccccc21)NOC(=O)C(F)(F)F. The van der Waals surface area contributed by atoms with Crippen LogP contribution in [0.25, 0.3) is 0 Å². The number of aryl methyl sites for hydroxylation is 1. The van der Waals surface area contributed by atoms with E-state index in [0.29, 0.717) is 0 Å². The number of carbonyl (C=O) groups excluding carboxylic acids is 2. The molecular formula is C14H14F3NO3. The van der Waals surface area contributed by atoms with Gasteiger partial charge in [0.25, 0.3) is 5.91 Å². The van der Waals surface area contributed by atoms with Crippen LogP contribution in [0.3, 0.4) is 0 Å². The lowest BCUT2D eigenvalue weighted by Crippen LogP contribution is -2.35. The van der Waals surface area contributed by atoms with Gasteiger partial charge in [0.2, 0.25) is 0 Å². The van der Waals surface area contributed by atoms with Crippen molar-refractivity contribution in [3.8, 4) is 0 Å². The highest BCUT2D eigenvalue weighted by molar-refractivity contribution is 5.80. The average Bonchev–Trinajstić information content (AvgIpc) is 2.44. The van der Waals surface area contributed by atoms with Gasteiger partial charge < -0.3 is 4.84 Å². The predicted octanol–water partition coefficient (Wildman–Crippen LogP) is 2.63. The maximum Gasteiger partial charge on any atom is 0.493 e. The van der Waals surface area contributed by atoms with E-state index in [4.69, 9.17) is 0 Å². The van der Waals surface area contributed by atoms with E-state index in [1.165, 1.54) is 0 Å². The molecule has 1 atom stereocenters.